The van der Waals surface area contributed by atoms with Gasteiger partial charge in [0.25, 0.3) is 11.6 Å². The molecule has 0 aliphatic carbocycles. The van der Waals surface area contributed by atoms with Crippen LogP contribution in [0.5, 0.6) is 0 Å². The Bertz CT molecular complexity index is 696. The number of aryl methyl sites for hydroxylation is 1. The molecule has 0 fully saturated rings. The Balaban J connectivity index is 2.21. The van der Waals surface area contributed by atoms with Gasteiger partial charge in [0, 0.05) is 30.8 Å². The Morgan fingerprint density at radius 2 is 2.14 bits per heavy atom. The lowest BCUT2D eigenvalue weighted by Gasteiger charge is -2.16. The summed E-state index contributed by atoms with van der Waals surface area (Å²) >= 11 is 5.73. The molecule has 1 aromatic carbocycles. The molecule has 0 saturated carbocycles. The maximum Gasteiger partial charge on any atom is 0.288 e. The molecular formula is C14H13ClN2O4. The molecule has 110 valence electrons. The highest BCUT2D eigenvalue weighted by atomic mass is 35.5. The van der Waals surface area contributed by atoms with Crippen molar-refractivity contribution in [1.29, 1.82) is 0 Å². The number of amides is 1. The molecule has 2 aromatic rings. The highest BCUT2D eigenvalue weighted by Crippen LogP contribution is 2.25. The van der Waals surface area contributed by atoms with Crippen molar-refractivity contribution in [3.63, 3.8) is 0 Å². The van der Waals surface area contributed by atoms with E-state index in [1.165, 1.54) is 23.1 Å². The van der Waals surface area contributed by atoms with E-state index in [0.29, 0.717) is 6.54 Å². The number of carbonyl (C=O) groups excluding carboxylic acids is 1. The van der Waals surface area contributed by atoms with Crippen LogP contribution in [-0.4, -0.2) is 22.8 Å². The van der Waals surface area contributed by atoms with Crippen LogP contribution in [0.4, 0.5) is 5.69 Å². The SMILES string of the molecule is Cc1occc1CN(C)C(=O)c1ccc(Cl)c([N+](=O)[O-])c1. The molecule has 0 spiro atoms. The summed E-state index contributed by atoms with van der Waals surface area (Å²) in [7, 11) is 1.62. The number of benzene rings is 1. The average Bonchev–Trinajstić information content (AvgIpc) is 2.83. The van der Waals surface area contributed by atoms with Crippen LogP contribution >= 0.6 is 11.6 Å². The molecule has 21 heavy (non-hydrogen) atoms. The molecule has 0 radical (unpaired) electrons. The Kier molecular flexibility index (Phi) is 4.28. The summed E-state index contributed by atoms with van der Waals surface area (Å²) in [6.45, 7) is 2.17. The number of nitro groups is 1. The first kappa shape index (κ1) is 15.1. The summed E-state index contributed by atoms with van der Waals surface area (Å²) in [4.78, 5) is 24.0. The lowest BCUT2D eigenvalue weighted by molar-refractivity contribution is -0.384. The third kappa shape index (κ3) is 3.22. The van der Waals surface area contributed by atoms with E-state index in [1.807, 2.05) is 0 Å². The van der Waals surface area contributed by atoms with E-state index in [-0.39, 0.29) is 22.2 Å². The summed E-state index contributed by atoms with van der Waals surface area (Å²) in [5.74, 6) is 0.409. The van der Waals surface area contributed by atoms with Crippen LogP contribution in [-0.2, 0) is 6.54 Å². The molecular weight excluding hydrogens is 296 g/mol. The summed E-state index contributed by atoms with van der Waals surface area (Å²) < 4.78 is 5.17. The molecule has 0 unspecified atom stereocenters. The zero-order chi connectivity index (χ0) is 15.6. The predicted octanol–water partition coefficient (Wildman–Crippen LogP) is 3.42. The van der Waals surface area contributed by atoms with E-state index in [4.69, 9.17) is 16.0 Å². The lowest BCUT2D eigenvalue weighted by atomic mass is 10.1. The Hall–Kier alpha value is -2.34. The first-order chi connectivity index (χ1) is 9.90. The molecule has 0 N–H and O–H groups in total. The second-order valence-electron chi connectivity index (χ2n) is 4.59. The highest BCUT2D eigenvalue weighted by molar-refractivity contribution is 6.32. The van der Waals surface area contributed by atoms with Crippen molar-refractivity contribution >= 4 is 23.2 Å². The Labute approximate surface area is 126 Å². The maximum atomic E-state index is 12.3. The topological polar surface area (TPSA) is 76.6 Å². The van der Waals surface area contributed by atoms with Crippen molar-refractivity contribution < 1.29 is 14.1 Å². The molecule has 0 aliphatic heterocycles. The molecule has 7 heteroatoms. The summed E-state index contributed by atoms with van der Waals surface area (Å²) in [6.07, 6.45) is 1.55. The minimum Gasteiger partial charge on any atom is -0.469 e. The predicted molar refractivity (Wildman–Crippen MR) is 77.3 cm³/mol. The summed E-state index contributed by atoms with van der Waals surface area (Å²) in [5, 5.41) is 10.9. The van der Waals surface area contributed by atoms with Crippen LogP contribution in [0.3, 0.4) is 0 Å². The lowest BCUT2D eigenvalue weighted by Crippen LogP contribution is -2.26. The van der Waals surface area contributed by atoms with Crippen LogP contribution in [0, 0.1) is 17.0 Å². The van der Waals surface area contributed by atoms with Gasteiger partial charge in [0.1, 0.15) is 10.8 Å². The second-order valence-corrected chi connectivity index (χ2v) is 4.99. The third-order valence-electron chi connectivity index (χ3n) is 3.11. The molecule has 0 atom stereocenters. The fourth-order valence-corrected chi connectivity index (χ4v) is 2.10. The van der Waals surface area contributed by atoms with Gasteiger partial charge in [-0.3, -0.25) is 14.9 Å². The van der Waals surface area contributed by atoms with Gasteiger partial charge in [-0.25, -0.2) is 0 Å². The first-order valence-electron chi connectivity index (χ1n) is 6.12. The standard InChI is InChI=1S/C14H13ClN2O4/c1-9-11(5-6-21-9)8-16(2)14(18)10-3-4-12(15)13(7-10)17(19)20/h3-7H,8H2,1-2H3. The number of nitrogens with zero attached hydrogens (tertiary/aromatic N) is 2. The van der Waals surface area contributed by atoms with Gasteiger partial charge in [-0.2, -0.15) is 0 Å². The van der Waals surface area contributed by atoms with Crippen molar-refractivity contribution in [3.8, 4) is 0 Å². The van der Waals surface area contributed by atoms with Crippen molar-refractivity contribution in [2.75, 3.05) is 7.05 Å². The normalized spacial score (nSPS) is 10.4. The number of hydrogen-bond donors (Lipinski definition) is 0. The van der Waals surface area contributed by atoms with Crippen molar-refractivity contribution in [1.82, 2.24) is 4.90 Å². The molecule has 1 heterocycles. The van der Waals surface area contributed by atoms with Gasteiger partial charge >= 0.3 is 0 Å². The molecule has 1 aromatic heterocycles. The van der Waals surface area contributed by atoms with Crippen LogP contribution in [0.25, 0.3) is 0 Å². The second kappa shape index (κ2) is 5.97. The van der Waals surface area contributed by atoms with Crippen molar-refractivity contribution in [3.05, 3.63) is 62.6 Å². The van der Waals surface area contributed by atoms with E-state index in [9.17, 15) is 14.9 Å². The summed E-state index contributed by atoms with van der Waals surface area (Å²) in [5.41, 5.74) is 0.819. The molecule has 6 nitrogen and oxygen atoms in total. The average molecular weight is 309 g/mol. The third-order valence-corrected chi connectivity index (χ3v) is 3.43. The van der Waals surface area contributed by atoms with Gasteiger partial charge in [-0.15, -0.1) is 0 Å². The van der Waals surface area contributed by atoms with Gasteiger partial charge in [0.2, 0.25) is 0 Å². The van der Waals surface area contributed by atoms with E-state index in [0.717, 1.165) is 11.3 Å². The van der Waals surface area contributed by atoms with Crippen molar-refractivity contribution in [2.45, 2.75) is 13.5 Å². The molecule has 0 aliphatic rings. The largest absolute Gasteiger partial charge is 0.469 e. The number of carbonyl (C=O) groups is 1. The highest BCUT2D eigenvalue weighted by Gasteiger charge is 2.19. The van der Waals surface area contributed by atoms with E-state index < -0.39 is 4.92 Å². The first-order valence-corrected chi connectivity index (χ1v) is 6.50. The van der Waals surface area contributed by atoms with E-state index >= 15 is 0 Å². The number of furan rings is 1. The molecule has 1 amide bonds. The monoisotopic (exact) mass is 308 g/mol. The maximum absolute atomic E-state index is 12.3. The molecule has 2 rings (SSSR count). The van der Waals surface area contributed by atoms with Gasteiger partial charge in [0.15, 0.2) is 0 Å². The number of hydrogen-bond acceptors (Lipinski definition) is 4. The fraction of sp³-hybridized carbons (Fsp3) is 0.214. The van der Waals surface area contributed by atoms with Crippen LogP contribution in [0.15, 0.2) is 34.9 Å². The van der Waals surface area contributed by atoms with Gasteiger partial charge in [-0.1, -0.05) is 11.6 Å². The molecule has 0 saturated heterocycles. The van der Waals surface area contributed by atoms with Crippen LogP contribution in [0.1, 0.15) is 21.7 Å². The fourth-order valence-electron chi connectivity index (χ4n) is 1.91. The van der Waals surface area contributed by atoms with Gasteiger partial charge < -0.3 is 9.32 Å². The van der Waals surface area contributed by atoms with Gasteiger partial charge in [-0.05, 0) is 25.1 Å². The number of nitro benzene ring substituents is 1. The van der Waals surface area contributed by atoms with Crippen molar-refractivity contribution in [2.24, 2.45) is 0 Å². The zero-order valence-electron chi connectivity index (χ0n) is 11.5. The number of halogens is 1. The van der Waals surface area contributed by atoms with Crippen LogP contribution in [0.2, 0.25) is 5.02 Å². The van der Waals surface area contributed by atoms with E-state index in [2.05, 4.69) is 0 Å². The Morgan fingerprint density at radius 3 is 2.71 bits per heavy atom. The Morgan fingerprint density at radius 1 is 1.43 bits per heavy atom. The summed E-state index contributed by atoms with van der Waals surface area (Å²) in [6, 6.07) is 5.78. The van der Waals surface area contributed by atoms with E-state index in [1.54, 1.807) is 26.3 Å². The smallest absolute Gasteiger partial charge is 0.288 e. The number of rotatable bonds is 4. The van der Waals surface area contributed by atoms with Gasteiger partial charge in [0.05, 0.1) is 11.2 Å². The minimum atomic E-state index is -0.612. The quantitative estimate of drug-likeness (QED) is 0.640. The zero-order valence-corrected chi connectivity index (χ0v) is 12.3. The van der Waals surface area contributed by atoms with Crippen LogP contribution < -0.4 is 0 Å². The molecule has 0 bridgehead atoms. The minimum absolute atomic E-state index is 0.00452.